The number of halogens is 5. The van der Waals surface area contributed by atoms with Crippen LogP contribution in [0.1, 0.15) is 44.8 Å². The van der Waals surface area contributed by atoms with Crippen LogP contribution in [0.5, 0.6) is 0 Å². The van der Waals surface area contributed by atoms with Gasteiger partial charge in [-0.25, -0.2) is 21.2 Å². The van der Waals surface area contributed by atoms with Crippen LogP contribution in [-0.4, -0.2) is 121 Å². The summed E-state index contributed by atoms with van der Waals surface area (Å²) in [5.41, 5.74) is -1.29. The van der Waals surface area contributed by atoms with Crippen molar-refractivity contribution in [3.8, 4) is 22.4 Å². The predicted molar refractivity (Wildman–Crippen MR) is 305 cm³/mol. The van der Waals surface area contributed by atoms with Crippen LogP contribution in [0.15, 0.2) is 130 Å². The zero-order chi connectivity index (χ0) is 55.7. The summed E-state index contributed by atoms with van der Waals surface area (Å²) in [5.74, 6) is 0.116. The van der Waals surface area contributed by atoms with Gasteiger partial charge in [-0.15, -0.1) is 11.8 Å². The minimum absolute atomic E-state index is 0.0281. The highest BCUT2D eigenvalue weighted by atomic mass is 35.5. The van der Waals surface area contributed by atoms with E-state index in [1.807, 2.05) is 84.0 Å². The van der Waals surface area contributed by atoms with Crippen molar-refractivity contribution >= 4 is 78.6 Å². The number of hydrogen-bond donors (Lipinski definition) is 2. The van der Waals surface area contributed by atoms with Crippen LogP contribution in [0.4, 0.5) is 40.3 Å². The van der Waals surface area contributed by atoms with E-state index >= 15 is 8.96 Å². The highest BCUT2D eigenvalue weighted by Gasteiger charge is 2.49. The third kappa shape index (κ3) is 12.3. The normalized spacial score (nSPS) is 18.5. The second kappa shape index (κ2) is 23.6. The number of sulfone groups is 2. The third-order valence-electron chi connectivity index (χ3n) is 14.8. The first-order chi connectivity index (χ1) is 37.0. The van der Waals surface area contributed by atoms with Crippen molar-refractivity contribution in [2.45, 2.75) is 72.3 Å². The van der Waals surface area contributed by atoms with Crippen molar-refractivity contribution in [2.24, 2.45) is 5.92 Å². The number of thioether (sulfide) groups is 1. The van der Waals surface area contributed by atoms with Gasteiger partial charge in [0.05, 0.1) is 34.7 Å². The summed E-state index contributed by atoms with van der Waals surface area (Å²) in [6, 6.07) is 31.3. The van der Waals surface area contributed by atoms with E-state index in [-0.39, 0.29) is 47.6 Å². The molecule has 6 aromatic rings. The van der Waals surface area contributed by atoms with E-state index in [9.17, 15) is 35.1 Å². The van der Waals surface area contributed by atoms with Crippen molar-refractivity contribution in [2.75, 3.05) is 97.4 Å². The van der Waals surface area contributed by atoms with Gasteiger partial charge in [0.2, 0.25) is 0 Å². The molecule has 2 atom stereocenters. The van der Waals surface area contributed by atoms with Crippen molar-refractivity contribution in [3.63, 3.8) is 0 Å². The fraction of sp³-hybridized carbons (Fsp3) is 0.393. The van der Waals surface area contributed by atoms with E-state index in [1.165, 1.54) is 40.7 Å². The lowest BCUT2D eigenvalue weighted by atomic mass is 9.97. The van der Waals surface area contributed by atoms with E-state index in [1.54, 1.807) is 31.2 Å². The molecule has 3 fully saturated rings. The van der Waals surface area contributed by atoms with Crippen LogP contribution in [0.3, 0.4) is 0 Å². The van der Waals surface area contributed by atoms with E-state index < -0.39 is 49.5 Å². The fourth-order valence-corrected chi connectivity index (χ4v) is 16.5. The topological polar surface area (TPSA) is 145 Å². The van der Waals surface area contributed by atoms with Crippen LogP contribution in [0, 0.1) is 18.7 Å². The minimum Gasteiger partial charge on any atom is -0.396 e. The van der Waals surface area contributed by atoms with Gasteiger partial charge in [-0.05, 0) is 155 Å². The van der Waals surface area contributed by atoms with Crippen LogP contribution >= 0.6 is 30.9 Å². The molecule has 0 bridgehead atoms. The first kappa shape index (κ1) is 57.6. The molecular formula is C56H64ClF4N6O7PS3. The molecule has 0 radical (unpaired) electrons. The van der Waals surface area contributed by atoms with Gasteiger partial charge in [-0.3, -0.25) is 9.24 Å². The summed E-state index contributed by atoms with van der Waals surface area (Å²) in [7, 11) is -13.9. The number of anilines is 4. The van der Waals surface area contributed by atoms with Crippen LogP contribution in [-0.2, 0) is 28.8 Å². The highest BCUT2D eigenvalue weighted by Crippen LogP contribution is 2.56. The third-order valence-corrected chi connectivity index (χ3v) is 21.5. The van der Waals surface area contributed by atoms with Gasteiger partial charge in [0.1, 0.15) is 10.7 Å². The molecule has 0 unspecified atom stereocenters. The van der Waals surface area contributed by atoms with E-state index in [4.69, 9.17) is 16.1 Å². The largest absolute Gasteiger partial charge is 0.501 e. The molecule has 4 heterocycles. The van der Waals surface area contributed by atoms with Gasteiger partial charge in [0.15, 0.2) is 9.84 Å². The van der Waals surface area contributed by atoms with Gasteiger partial charge in [0.25, 0.3) is 9.84 Å². The maximum atomic E-state index is 15.8. The van der Waals surface area contributed by atoms with Crippen LogP contribution in [0.25, 0.3) is 22.4 Å². The SMILES string of the molecule is Cc1c(S(C)(=O)=O)c(-c2cc(F)cc(N3CCN(c4ccc(N5CCO[P@]5(=O)c5ccc(N[C@H](CCN6CCC(CO)CC6)CSc6ccccc6)c(S(=O)(=O)C(F)(F)F)c5)cc4)CC3)c2)c(-c2ccc(Cl)cc2)n1C(C)C. The zero-order valence-corrected chi connectivity index (χ0v) is 47.9. The highest BCUT2D eigenvalue weighted by molar-refractivity contribution is 7.99. The molecule has 13 nitrogen and oxygen atoms in total. The van der Waals surface area contributed by atoms with Gasteiger partial charge < -0.3 is 34.2 Å². The van der Waals surface area contributed by atoms with Gasteiger partial charge in [-0.2, -0.15) is 13.2 Å². The summed E-state index contributed by atoms with van der Waals surface area (Å²) in [4.78, 5) is 6.46. The van der Waals surface area contributed by atoms with Crippen LogP contribution < -0.4 is 25.1 Å². The lowest BCUT2D eigenvalue weighted by Crippen LogP contribution is -2.46. The monoisotopic (exact) mass is 1170 g/mol. The Labute approximate surface area is 463 Å². The first-order valence-corrected chi connectivity index (χ1v) is 32.2. The summed E-state index contributed by atoms with van der Waals surface area (Å²) in [6.07, 6.45) is 3.31. The van der Waals surface area contributed by atoms with Crippen molar-refractivity contribution in [1.29, 1.82) is 0 Å². The Morgan fingerprint density at radius 2 is 1.45 bits per heavy atom. The number of likely N-dealkylation sites (tertiary alicyclic amines) is 1. The molecule has 2 N–H and O–H groups in total. The van der Waals surface area contributed by atoms with Crippen molar-refractivity contribution in [1.82, 2.24) is 9.47 Å². The number of piperidine rings is 1. The average Bonchev–Trinajstić information content (AvgIpc) is 4.11. The molecule has 22 heteroatoms. The summed E-state index contributed by atoms with van der Waals surface area (Å²) in [6.45, 7) is 10.1. The number of alkyl halides is 3. The second-order valence-corrected chi connectivity index (χ2v) is 28.1. The summed E-state index contributed by atoms with van der Waals surface area (Å²) in [5, 5.41) is 13.1. The van der Waals surface area contributed by atoms with Gasteiger partial charge >= 0.3 is 13.0 Å². The number of hydrogen-bond acceptors (Lipinski definition) is 12. The van der Waals surface area contributed by atoms with Gasteiger partial charge in [-0.1, -0.05) is 41.9 Å². The van der Waals surface area contributed by atoms with Crippen molar-refractivity contribution in [3.05, 3.63) is 132 Å². The number of piperazine rings is 1. The molecule has 0 aliphatic carbocycles. The van der Waals surface area contributed by atoms with Gasteiger partial charge in [0, 0.05) is 102 Å². The summed E-state index contributed by atoms with van der Waals surface area (Å²) >= 11 is 7.76. The number of aliphatic hydroxyl groups excluding tert-OH is 1. The standard InChI is InChI=1S/C56H64ClF4N6O7PS3/c1-38(2)67-39(3)55(77(4,70)71)53(54(67)41-10-12-43(57)13-11-41)42-32-44(58)34-48(33-42)65-28-26-64(27-29-65)46-14-16-47(17-15-46)66-30-31-74-75(66,69)49-18-19-51(52(35-49)78(72,73)56(59,60)61)62-45(37-76-50-8-6-5-7-9-50)22-25-63-23-20-40(36-68)21-24-63/h5-19,32-35,38,40,45,62,68H,20-31,36-37H2,1-4H3/t45-,75-/m1/s1. The molecule has 1 aromatic heterocycles. The number of nitrogens with zero attached hydrogens (tertiary/aromatic N) is 5. The quantitative estimate of drug-likeness (QED) is 0.0479. The predicted octanol–water partition coefficient (Wildman–Crippen LogP) is 11.5. The summed E-state index contributed by atoms with van der Waals surface area (Å²) < 4.78 is 138. The molecule has 418 valence electrons. The number of aromatic nitrogens is 1. The average molecular weight is 1170 g/mol. The Morgan fingerprint density at radius 3 is 2.06 bits per heavy atom. The molecule has 0 spiro atoms. The van der Waals surface area contributed by atoms with E-state index in [2.05, 4.69) is 15.1 Å². The Kier molecular flexibility index (Phi) is 17.4. The molecular weight excluding hydrogens is 1110 g/mol. The minimum atomic E-state index is -5.96. The Morgan fingerprint density at radius 1 is 0.808 bits per heavy atom. The Balaban J connectivity index is 0.935. The number of nitrogens with one attached hydrogen (secondary N) is 1. The molecule has 3 aliphatic rings. The smallest absolute Gasteiger partial charge is 0.396 e. The van der Waals surface area contributed by atoms with Crippen LogP contribution in [0.2, 0.25) is 5.02 Å². The zero-order valence-electron chi connectivity index (χ0n) is 43.8. The molecule has 0 amide bonds. The fourth-order valence-electron chi connectivity index (χ4n) is 10.9. The second-order valence-electron chi connectivity index (χ2n) is 20.4. The van der Waals surface area contributed by atoms with E-state index in [0.29, 0.717) is 83.8 Å². The number of rotatable bonds is 18. The van der Waals surface area contributed by atoms with E-state index in [0.717, 1.165) is 54.4 Å². The Hall–Kier alpha value is -5.05. The molecule has 78 heavy (non-hydrogen) atoms. The maximum absolute atomic E-state index is 15.8. The molecule has 3 saturated heterocycles. The Bertz CT molecular complexity index is 3380. The lowest BCUT2D eigenvalue weighted by molar-refractivity contribution is -0.0435. The number of benzene rings is 5. The molecule has 3 aliphatic heterocycles. The maximum Gasteiger partial charge on any atom is 0.501 e. The lowest BCUT2D eigenvalue weighted by Gasteiger charge is -2.37. The molecule has 5 aromatic carbocycles. The molecule has 0 saturated carbocycles. The molecule has 9 rings (SSSR count). The first-order valence-electron chi connectivity index (χ1n) is 25.9. The van der Waals surface area contributed by atoms with Crippen molar-refractivity contribution < 1.29 is 48.6 Å². The number of aliphatic hydroxyl groups is 1.